The van der Waals surface area contributed by atoms with Gasteiger partial charge in [-0.3, -0.25) is 0 Å². The van der Waals surface area contributed by atoms with Gasteiger partial charge >= 0.3 is 0 Å². The largest absolute Gasteiger partial charge is 0.472 e. The van der Waals surface area contributed by atoms with Gasteiger partial charge in [-0.1, -0.05) is 62.7 Å². The van der Waals surface area contributed by atoms with E-state index in [0.29, 0.717) is 36.6 Å². The van der Waals surface area contributed by atoms with Crippen LogP contribution >= 0.6 is 11.6 Å². The third kappa shape index (κ3) is 6.55. The molecule has 154 valence electrons. The number of ether oxygens (including phenoxy) is 1. The molecule has 0 spiro atoms. The van der Waals surface area contributed by atoms with Crippen molar-refractivity contribution < 1.29 is 9.16 Å². The van der Waals surface area contributed by atoms with E-state index in [1.807, 2.05) is 37.3 Å². The number of halogens is 1. The number of aromatic nitrogens is 2. The zero-order valence-electron chi connectivity index (χ0n) is 17.8. The fraction of sp³-hybridized carbons (Fsp3) is 0.524. The summed E-state index contributed by atoms with van der Waals surface area (Å²) >= 11 is 6.37. The van der Waals surface area contributed by atoms with Crippen LogP contribution in [0.2, 0.25) is 23.3 Å². The predicted octanol–water partition coefficient (Wildman–Crippen LogP) is 5.13. The molecule has 0 radical (unpaired) electrons. The minimum absolute atomic E-state index is 0.208. The van der Waals surface area contributed by atoms with Gasteiger partial charge in [0.2, 0.25) is 5.88 Å². The highest BCUT2D eigenvalue weighted by atomic mass is 35.5. The number of hydrogen-bond donors (Lipinski definition) is 1. The molecule has 0 atom stereocenters. The summed E-state index contributed by atoms with van der Waals surface area (Å²) in [5.41, 5.74) is 1.85. The predicted molar refractivity (Wildman–Crippen MR) is 117 cm³/mol. The molecule has 0 amide bonds. The maximum absolute atomic E-state index is 6.37. The third-order valence-electron chi connectivity index (χ3n) is 5.10. The molecule has 0 saturated heterocycles. The van der Waals surface area contributed by atoms with Gasteiger partial charge in [-0.05, 0) is 30.6 Å². The number of nitrogens with one attached hydrogen (secondary N) is 1. The normalized spacial score (nSPS) is 12.2. The fourth-order valence-electron chi connectivity index (χ4n) is 2.34. The SMILES string of the molecule is Cc1nc(Cl)c(CNCCO[Si](C)(C)C(C)(C)C)c(OCc2ccccc2)n1. The van der Waals surface area contributed by atoms with E-state index in [9.17, 15) is 0 Å². The summed E-state index contributed by atoms with van der Waals surface area (Å²) in [7, 11) is -1.73. The number of nitrogens with zero attached hydrogens (tertiary/aromatic N) is 2. The molecule has 1 aromatic carbocycles. The van der Waals surface area contributed by atoms with Gasteiger partial charge in [0, 0.05) is 19.7 Å². The van der Waals surface area contributed by atoms with E-state index in [1.165, 1.54) is 0 Å². The van der Waals surface area contributed by atoms with Gasteiger partial charge in [-0.25, -0.2) is 4.98 Å². The van der Waals surface area contributed by atoms with Gasteiger partial charge in [0.05, 0.1) is 5.56 Å². The van der Waals surface area contributed by atoms with Crippen LogP contribution in [0.3, 0.4) is 0 Å². The summed E-state index contributed by atoms with van der Waals surface area (Å²) in [5.74, 6) is 1.12. The molecule has 2 aromatic rings. The van der Waals surface area contributed by atoms with Gasteiger partial charge in [0.25, 0.3) is 0 Å². The van der Waals surface area contributed by atoms with Crippen LogP contribution in [0.25, 0.3) is 0 Å². The summed E-state index contributed by atoms with van der Waals surface area (Å²) in [6.45, 7) is 15.4. The van der Waals surface area contributed by atoms with E-state index in [0.717, 1.165) is 17.7 Å². The van der Waals surface area contributed by atoms with Gasteiger partial charge in [-0.2, -0.15) is 4.98 Å². The van der Waals surface area contributed by atoms with Crippen molar-refractivity contribution in [1.29, 1.82) is 0 Å². The van der Waals surface area contributed by atoms with Crippen LogP contribution in [0.1, 0.15) is 37.7 Å². The summed E-state index contributed by atoms with van der Waals surface area (Å²) < 4.78 is 12.1. The maximum atomic E-state index is 6.37. The number of hydrogen-bond acceptors (Lipinski definition) is 5. The van der Waals surface area contributed by atoms with E-state index in [2.05, 4.69) is 49.1 Å². The van der Waals surface area contributed by atoms with Crippen molar-refractivity contribution in [1.82, 2.24) is 15.3 Å². The van der Waals surface area contributed by atoms with Gasteiger partial charge < -0.3 is 14.5 Å². The van der Waals surface area contributed by atoms with Crippen molar-refractivity contribution >= 4 is 19.9 Å². The number of benzene rings is 1. The Morgan fingerprint density at radius 3 is 2.43 bits per heavy atom. The Balaban J connectivity index is 1.93. The van der Waals surface area contributed by atoms with Crippen molar-refractivity contribution in [3.05, 3.63) is 52.4 Å². The van der Waals surface area contributed by atoms with Crippen molar-refractivity contribution in [2.45, 2.75) is 59.0 Å². The van der Waals surface area contributed by atoms with Crippen LogP contribution < -0.4 is 10.1 Å². The second-order valence-electron chi connectivity index (χ2n) is 8.41. The molecule has 1 aromatic heterocycles. The summed E-state index contributed by atoms with van der Waals surface area (Å²) in [5, 5.41) is 4.01. The Labute approximate surface area is 175 Å². The molecule has 1 heterocycles. The van der Waals surface area contributed by atoms with E-state index in [-0.39, 0.29) is 5.04 Å². The first kappa shape index (κ1) is 22.8. The molecular weight excluding hydrogens is 390 g/mol. The van der Waals surface area contributed by atoms with Gasteiger partial charge in [0.15, 0.2) is 8.32 Å². The molecular formula is C21H32ClN3O2Si. The average molecular weight is 422 g/mol. The Hall–Kier alpha value is -1.47. The molecule has 0 aliphatic carbocycles. The van der Waals surface area contributed by atoms with E-state index in [1.54, 1.807) is 0 Å². The molecule has 1 N–H and O–H groups in total. The highest BCUT2D eigenvalue weighted by Gasteiger charge is 2.36. The maximum Gasteiger partial charge on any atom is 0.223 e. The second-order valence-corrected chi connectivity index (χ2v) is 13.6. The molecule has 0 saturated carbocycles. The quantitative estimate of drug-likeness (QED) is 0.345. The van der Waals surface area contributed by atoms with E-state index >= 15 is 0 Å². The van der Waals surface area contributed by atoms with Crippen molar-refractivity contribution in [2.24, 2.45) is 0 Å². The highest BCUT2D eigenvalue weighted by molar-refractivity contribution is 6.74. The molecule has 7 heteroatoms. The summed E-state index contributed by atoms with van der Waals surface area (Å²) in [4.78, 5) is 8.71. The molecule has 28 heavy (non-hydrogen) atoms. The first-order valence-electron chi connectivity index (χ1n) is 9.64. The second kappa shape index (κ2) is 9.83. The van der Waals surface area contributed by atoms with Crippen LogP contribution in [0.15, 0.2) is 30.3 Å². The topological polar surface area (TPSA) is 56.3 Å². The Morgan fingerprint density at radius 2 is 1.79 bits per heavy atom. The monoisotopic (exact) mass is 421 g/mol. The zero-order valence-corrected chi connectivity index (χ0v) is 19.6. The summed E-state index contributed by atoms with van der Waals surface area (Å²) in [6.07, 6.45) is 0. The van der Waals surface area contributed by atoms with Crippen LogP contribution in [0, 0.1) is 6.92 Å². The van der Waals surface area contributed by atoms with Crippen molar-refractivity contribution in [3.8, 4) is 5.88 Å². The Kier molecular flexibility index (Phi) is 8.01. The Morgan fingerprint density at radius 1 is 1.11 bits per heavy atom. The van der Waals surface area contributed by atoms with Gasteiger partial charge in [-0.15, -0.1) is 0 Å². The van der Waals surface area contributed by atoms with Crippen molar-refractivity contribution in [2.75, 3.05) is 13.2 Å². The summed E-state index contributed by atoms with van der Waals surface area (Å²) in [6, 6.07) is 10.00. The fourth-order valence-corrected chi connectivity index (χ4v) is 3.65. The van der Waals surface area contributed by atoms with Crippen LogP contribution in [0.4, 0.5) is 0 Å². The van der Waals surface area contributed by atoms with E-state index in [4.69, 9.17) is 20.8 Å². The van der Waals surface area contributed by atoms with Crippen LogP contribution in [-0.2, 0) is 17.6 Å². The molecule has 0 aliphatic rings. The highest BCUT2D eigenvalue weighted by Crippen LogP contribution is 2.36. The standard InChI is InChI=1S/C21H32ClN3O2Si/c1-16-24-19(22)18(14-23-12-13-27-28(5,6)21(2,3)4)20(25-16)26-15-17-10-8-7-9-11-17/h7-11,23H,12-15H2,1-6H3. The molecule has 2 rings (SSSR count). The minimum atomic E-state index is -1.73. The number of aryl methyl sites for hydroxylation is 1. The van der Waals surface area contributed by atoms with Crippen LogP contribution in [0.5, 0.6) is 5.88 Å². The van der Waals surface area contributed by atoms with Gasteiger partial charge in [0.1, 0.15) is 17.6 Å². The lowest BCUT2D eigenvalue weighted by Crippen LogP contribution is -2.42. The first-order valence-corrected chi connectivity index (χ1v) is 12.9. The molecule has 0 aliphatic heterocycles. The molecule has 5 nitrogen and oxygen atoms in total. The molecule has 0 bridgehead atoms. The third-order valence-corrected chi connectivity index (χ3v) is 9.95. The average Bonchev–Trinajstić information content (AvgIpc) is 2.61. The minimum Gasteiger partial charge on any atom is -0.472 e. The Bertz CT molecular complexity index is 764. The lowest BCUT2D eigenvalue weighted by atomic mass is 10.2. The lowest BCUT2D eigenvalue weighted by molar-refractivity contribution is 0.279. The molecule has 0 fully saturated rings. The first-order chi connectivity index (χ1) is 13.1. The molecule has 0 unspecified atom stereocenters. The smallest absolute Gasteiger partial charge is 0.223 e. The van der Waals surface area contributed by atoms with Crippen molar-refractivity contribution in [3.63, 3.8) is 0 Å². The number of rotatable bonds is 9. The lowest BCUT2D eigenvalue weighted by Gasteiger charge is -2.36. The zero-order chi connectivity index (χ0) is 20.8. The van der Waals surface area contributed by atoms with Crippen LogP contribution in [-0.4, -0.2) is 31.4 Å². The van der Waals surface area contributed by atoms with E-state index < -0.39 is 8.32 Å².